The molecule has 1 aliphatic rings. The molecule has 0 spiro atoms. The Kier molecular flexibility index (Phi) is 6.57. The third kappa shape index (κ3) is 5.48. The molecule has 1 aromatic heterocycles. The fourth-order valence-corrected chi connectivity index (χ4v) is 3.50. The molecule has 1 fully saturated rings. The molecule has 28 heavy (non-hydrogen) atoms. The van der Waals surface area contributed by atoms with Gasteiger partial charge < -0.3 is 20.3 Å². The number of hydrogen-bond acceptors (Lipinski definition) is 4. The molecule has 0 bridgehead atoms. The molecule has 1 aromatic carbocycles. The third-order valence-electron chi connectivity index (χ3n) is 5.02. The molecule has 2 aromatic rings. The van der Waals surface area contributed by atoms with E-state index < -0.39 is 0 Å². The molecule has 0 aliphatic carbocycles. The van der Waals surface area contributed by atoms with Crippen molar-refractivity contribution in [2.45, 2.75) is 52.3 Å². The highest BCUT2D eigenvalue weighted by molar-refractivity contribution is 5.91. The average molecular weight is 386 g/mol. The second-order valence-corrected chi connectivity index (χ2v) is 7.73. The minimum absolute atomic E-state index is 0.0556. The van der Waals surface area contributed by atoms with Crippen LogP contribution in [0.3, 0.4) is 0 Å². The summed E-state index contributed by atoms with van der Waals surface area (Å²) < 4.78 is 8.09. The van der Waals surface area contributed by atoms with Crippen molar-refractivity contribution < 1.29 is 9.53 Å². The number of likely N-dealkylation sites (tertiary alicyclic amines) is 1. The number of ether oxygens (including phenoxy) is 1. The van der Waals surface area contributed by atoms with Gasteiger partial charge in [0.1, 0.15) is 11.9 Å². The number of nitrogens with one attached hydrogen (secondary N) is 2. The van der Waals surface area contributed by atoms with Gasteiger partial charge in [-0.1, -0.05) is 12.1 Å². The lowest BCUT2D eigenvalue weighted by Gasteiger charge is -2.30. The van der Waals surface area contributed by atoms with Gasteiger partial charge in [-0.05, 0) is 58.9 Å². The number of hydrogen-bond donors (Lipinski definition) is 2. The molecule has 7 nitrogen and oxygen atoms in total. The van der Waals surface area contributed by atoms with Crippen molar-refractivity contribution in [3.63, 3.8) is 0 Å². The van der Waals surface area contributed by atoms with Gasteiger partial charge in [-0.25, -0.2) is 4.79 Å². The van der Waals surface area contributed by atoms with Gasteiger partial charge in [0, 0.05) is 24.8 Å². The van der Waals surface area contributed by atoms with Crippen molar-refractivity contribution in [3.05, 3.63) is 41.7 Å². The van der Waals surface area contributed by atoms with Crippen molar-refractivity contribution in [2.75, 3.05) is 25.5 Å². The number of carbonyl (C=O) groups excluding carboxylic acids is 1. The van der Waals surface area contributed by atoms with Crippen LogP contribution in [0.25, 0.3) is 0 Å². The number of urea groups is 1. The molecule has 2 amide bonds. The van der Waals surface area contributed by atoms with E-state index in [0.717, 1.165) is 43.1 Å². The second kappa shape index (κ2) is 9.10. The Morgan fingerprint density at radius 2 is 2.00 bits per heavy atom. The van der Waals surface area contributed by atoms with Crippen LogP contribution in [0.1, 0.15) is 31.2 Å². The van der Waals surface area contributed by atoms with Gasteiger partial charge in [-0.2, -0.15) is 5.10 Å². The van der Waals surface area contributed by atoms with Crippen LogP contribution in [0, 0.1) is 13.8 Å². The highest BCUT2D eigenvalue weighted by Gasteiger charge is 2.20. The predicted molar refractivity (Wildman–Crippen MR) is 111 cm³/mol. The SMILES string of the molecule is Cc1cc(C)n(C[C@H](C)NC(=O)Nc2ccccc2OC2CCN(C)CC2)n1. The van der Waals surface area contributed by atoms with Crippen LogP contribution in [-0.2, 0) is 6.54 Å². The van der Waals surface area contributed by atoms with E-state index in [1.807, 2.05) is 55.8 Å². The summed E-state index contributed by atoms with van der Waals surface area (Å²) in [7, 11) is 2.13. The van der Waals surface area contributed by atoms with Gasteiger partial charge in [0.15, 0.2) is 0 Å². The first-order chi connectivity index (χ1) is 13.4. The zero-order valence-electron chi connectivity index (χ0n) is 17.2. The van der Waals surface area contributed by atoms with Crippen LogP contribution >= 0.6 is 0 Å². The number of rotatable bonds is 6. The fraction of sp³-hybridized carbons (Fsp3) is 0.524. The number of nitrogens with zero attached hydrogens (tertiary/aromatic N) is 3. The molecule has 0 saturated carbocycles. The molecule has 1 atom stereocenters. The normalized spacial score (nSPS) is 16.6. The van der Waals surface area contributed by atoms with Gasteiger partial charge in [-0.3, -0.25) is 4.68 Å². The molecule has 152 valence electrons. The van der Waals surface area contributed by atoms with Crippen LogP contribution in [0.2, 0.25) is 0 Å². The van der Waals surface area contributed by atoms with Crippen LogP contribution in [0.4, 0.5) is 10.5 Å². The van der Waals surface area contributed by atoms with E-state index in [1.54, 1.807) is 0 Å². The number of carbonyl (C=O) groups is 1. The molecular formula is C21H31N5O2. The van der Waals surface area contributed by atoms with E-state index in [4.69, 9.17) is 4.74 Å². The number of aryl methyl sites for hydroxylation is 2. The van der Waals surface area contributed by atoms with Crippen LogP contribution in [-0.4, -0.2) is 53.0 Å². The summed E-state index contributed by atoms with van der Waals surface area (Å²) in [5.41, 5.74) is 2.76. The Morgan fingerprint density at radius 3 is 2.68 bits per heavy atom. The smallest absolute Gasteiger partial charge is 0.319 e. The monoisotopic (exact) mass is 385 g/mol. The number of para-hydroxylation sites is 2. The van der Waals surface area contributed by atoms with Crippen molar-refractivity contribution in [1.29, 1.82) is 0 Å². The Labute approximate surface area is 167 Å². The van der Waals surface area contributed by atoms with Gasteiger partial charge in [-0.15, -0.1) is 0 Å². The van der Waals surface area contributed by atoms with E-state index in [-0.39, 0.29) is 18.2 Å². The van der Waals surface area contributed by atoms with E-state index >= 15 is 0 Å². The van der Waals surface area contributed by atoms with Crippen molar-refractivity contribution >= 4 is 11.7 Å². The summed E-state index contributed by atoms with van der Waals surface area (Å²) in [6.45, 7) is 8.64. The molecular weight excluding hydrogens is 354 g/mol. The number of anilines is 1. The maximum atomic E-state index is 12.5. The standard InChI is InChI=1S/C21H31N5O2/c1-15-13-17(3)26(24-15)14-16(2)22-21(27)23-19-7-5-6-8-20(19)28-18-9-11-25(4)12-10-18/h5-8,13,16,18H,9-12,14H2,1-4H3,(H2,22,23,27)/t16-/m0/s1. The maximum absolute atomic E-state index is 12.5. The third-order valence-corrected chi connectivity index (χ3v) is 5.02. The minimum Gasteiger partial charge on any atom is -0.488 e. The number of piperidine rings is 1. The van der Waals surface area contributed by atoms with Crippen molar-refractivity contribution in [3.8, 4) is 5.75 Å². The zero-order valence-corrected chi connectivity index (χ0v) is 17.2. The second-order valence-electron chi connectivity index (χ2n) is 7.73. The van der Waals surface area contributed by atoms with E-state index in [2.05, 4.69) is 27.7 Å². The molecule has 3 rings (SSSR count). The molecule has 0 radical (unpaired) electrons. The summed E-state index contributed by atoms with van der Waals surface area (Å²) in [4.78, 5) is 14.8. The van der Waals surface area contributed by atoms with Crippen LogP contribution in [0.15, 0.2) is 30.3 Å². The summed E-state index contributed by atoms with van der Waals surface area (Å²) in [5, 5.41) is 10.4. The average Bonchev–Trinajstić information content (AvgIpc) is 2.95. The number of amides is 2. The van der Waals surface area contributed by atoms with E-state index in [9.17, 15) is 4.79 Å². The fourth-order valence-electron chi connectivity index (χ4n) is 3.50. The van der Waals surface area contributed by atoms with E-state index in [1.165, 1.54) is 0 Å². The number of benzene rings is 1. The van der Waals surface area contributed by atoms with Gasteiger partial charge in [0.25, 0.3) is 0 Å². The first-order valence-corrected chi connectivity index (χ1v) is 9.93. The molecule has 0 unspecified atom stereocenters. The lowest BCUT2D eigenvalue weighted by atomic mass is 10.1. The predicted octanol–water partition coefficient (Wildman–Crippen LogP) is 3.18. The molecule has 1 saturated heterocycles. The summed E-state index contributed by atoms with van der Waals surface area (Å²) >= 11 is 0. The Balaban J connectivity index is 1.55. The largest absolute Gasteiger partial charge is 0.488 e. The summed E-state index contributed by atoms with van der Waals surface area (Å²) in [6, 6.07) is 9.34. The van der Waals surface area contributed by atoms with Crippen LogP contribution < -0.4 is 15.4 Å². The van der Waals surface area contributed by atoms with Crippen molar-refractivity contribution in [1.82, 2.24) is 20.0 Å². The van der Waals surface area contributed by atoms with Gasteiger partial charge in [0.05, 0.1) is 17.9 Å². The lowest BCUT2D eigenvalue weighted by Crippen LogP contribution is -2.39. The first-order valence-electron chi connectivity index (χ1n) is 9.93. The lowest BCUT2D eigenvalue weighted by molar-refractivity contribution is 0.115. The number of aromatic nitrogens is 2. The quantitative estimate of drug-likeness (QED) is 0.801. The minimum atomic E-state index is -0.242. The highest BCUT2D eigenvalue weighted by atomic mass is 16.5. The van der Waals surface area contributed by atoms with Gasteiger partial charge >= 0.3 is 6.03 Å². The molecule has 2 N–H and O–H groups in total. The van der Waals surface area contributed by atoms with E-state index in [0.29, 0.717) is 12.2 Å². The Morgan fingerprint density at radius 1 is 1.29 bits per heavy atom. The van der Waals surface area contributed by atoms with Crippen LogP contribution in [0.5, 0.6) is 5.75 Å². The molecule has 7 heteroatoms. The zero-order chi connectivity index (χ0) is 20.1. The molecule has 1 aliphatic heterocycles. The maximum Gasteiger partial charge on any atom is 0.319 e. The highest BCUT2D eigenvalue weighted by Crippen LogP contribution is 2.27. The Bertz CT molecular complexity index is 796. The first kappa shape index (κ1) is 20.2. The van der Waals surface area contributed by atoms with Crippen molar-refractivity contribution in [2.24, 2.45) is 0 Å². The van der Waals surface area contributed by atoms with Gasteiger partial charge in [0.2, 0.25) is 0 Å². The molecule has 2 heterocycles. The topological polar surface area (TPSA) is 71.4 Å². The Hall–Kier alpha value is -2.54. The summed E-state index contributed by atoms with van der Waals surface area (Å²) in [5.74, 6) is 0.721. The summed E-state index contributed by atoms with van der Waals surface area (Å²) in [6.07, 6.45) is 2.18.